The molecule has 0 rings (SSSR count). The number of carbonyl (C=O) groups excluding carboxylic acids is 1. The van der Waals surface area contributed by atoms with E-state index in [0.717, 1.165) is 0 Å². The van der Waals surface area contributed by atoms with Gasteiger partial charge in [-0.1, -0.05) is 6.58 Å². The third-order valence-corrected chi connectivity index (χ3v) is 0.734. The molecular formula is C7H12O6. The van der Waals surface area contributed by atoms with E-state index in [1.54, 1.807) is 6.92 Å². The Morgan fingerprint density at radius 2 is 1.46 bits per heavy atom. The molecule has 0 atom stereocenters. The lowest BCUT2D eigenvalue weighted by Gasteiger charge is -1.91. The molecule has 0 radical (unpaired) electrons. The number of aliphatic hydroxyl groups is 4. The van der Waals surface area contributed by atoms with E-state index in [0.29, 0.717) is 5.57 Å². The summed E-state index contributed by atoms with van der Waals surface area (Å²) in [6.45, 7) is 4.95. The van der Waals surface area contributed by atoms with Gasteiger partial charge in [-0.05, 0) is 6.92 Å². The molecule has 6 heteroatoms. The summed E-state index contributed by atoms with van der Waals surface area (Å²) in [6, 6.07) is 0. The molecule has 0 spiro atoms. The van der Waals surface area contributed by atoms with E-state index >= 15 is 0 Å². The minimum Gasteiger partial charge on any atom is -0.476 e. The summed E-state index contributed by atoms with van der Waals surface area (Å²) in [5.74, 6) is -3.27. The molecule has 0 unspecified atom stereocenters. The zero-order valence-corrected chi connectivity index (χ0v) is 7.31. The first-order valence-electron chi connectivity index (χ1n) is 3.06. The quantitative estimate of drug-likeness (QED) is 0.281. The van der Waals surface area contributed by atoms with Crippen molar-refractivity contribution in [3.05, 3.63) is 24.0 Å². The van der Waals surface area contributed by atoms with Crippen molar-refractivity contribution in [3.8, 4) is 0 Å². The Hall–Kier alpha value is -1.85. The van der Waals surface area contributed by atoms with Crippen LogP contribution in [0.3, 0.4) is 0 Å². The zero-order valence-electron chi connectivity index (χ0n) is 7.31. The number of ether oxygens (including phenoxy) is 1. The predicted octanol–water partition coefficient (Wildman–Crippen LogP) is 1.08. The molecule has 0 heterocycles. The smallest absolute Gasteiger partial charge is 0.358 e. The van der Waals surface area contributed by atoms with Crippen molar-refractivity contribution in [2.24, 2.45) is 0 Å². The average molecular weight is 192 g/mol. The van der Waals surface area contributed by atoms with Crippen LogP contribution in [0.1, 0.15) is 6.92 Å². The number of aliphatic hydroxyl groups excluding tert-OH is 2. The molecule has 0 aromatic heterocycles. The van der Waals surface area contributed by atoms with Crippen molar-refractivity contribution in [1.29, 1.82) is 0 Å². The van der Waals surface area contributed by atoms with E-state index in [2.05, 4.69) is 11.3 Å². The van der Waals surface area contributed by atoms with E-state index in [-0.39, 0.29) is 5.97 Å². The fraction of sp³-hybridized carbons (Fsp3) is 0.286. The summed E-state index contributed by atoms with van der Waals surface area (Å²) in [7, 11) is 1.33. The molecule has 0 bridgehead atoms. The third-order valence-electron chi connectivity index (χ3n) is 0.734. The van der Waals surface area contributed by atoms with Gasteiger partial charge in [0.1, 0.15) is 0 Å². The van der Waals surface area contributed by atoms with Gasteiger partial charge in [0, 0.05) is 5.57 Å². The van der Waals surface area contributed by atoms with Gasteiger partial charge in [0.25, 0.3) is 0 Å². The van der Waals surface area contributed by atoms with E-state index in [1.165, 1.54) is 7.11 Å². The van der Waals surface area contributed by atoms with Crippen LogP contribution in [0.5, 0.6) is 0 Å². The van der Waals surface area contributed by atoms with E-state index in [1.807, 2.05) is 0 Å². The Balaban J connectivity index is 0. The topological polar surface area (TPSA) is 107 Å². The third kappa shape index (κ3) is 10.2. The van der Waals surface area contributed by atoms with Crippen LogP contribution in [-0.2, 0) is 9.53 Å². The van der Waals surface area contributed by atoms with Gasteiger partial charge in [-0.25, -0.2) is 4.79 Å². The number of hydrogen-bond acceptors (Lipinski definition) is 6. The first-order chi connectivity index (χ1) is 5.82. The molecule has 6 nitrogen and oxygen atoms in total. The lowest BCUT2D eigenvalue weighted by molar-refractivity contribution is -0.136. The fourth-order valence-corrected chi connectivity index (χ4v) is 0.174. The maximum absolute atomic E-state index is 10.2. The molecular weight excluding hydrogens is 180 g/mol. The molecule has 0 aromatic rings. The molecule has 0 aliphatic rings. The Morgan fingerprint density at radius 1 is 1.15 bits per heavy atom. The molecule has 0 aliphatic carbocycles. The summed E-state index contributed by atoms with van der Waals surface area (Å²) in [4.78, 5) is 10.2. The number of esters is 1. The van der Waals surface area contributed by atoms with Crippen molar-refractivity contribution in [2.45, 2.75) is 6.92 Å². The van der Waals surface area contributed by atoms with Crippen LogP contribution in [0.15, 0.2) is 24.0 Å². The highest BCUT2D eigenvalue weighted by Crippen LogP contribution is 1.87. The van der Waals surface area contributed by atoms with Gasteiger partial charge in [0.05, 0.1) is 7.11 Å². The van der Waals surface area contributed by atoms with Gasteiger partial charge >= 0.3 is 17.9 Å². The van der Waals surface area contributed by atoms with Gasteiger partial charge < -0.3 is 25.2 Å². The number of methoxy groups -OCH3 is 1. The second-order valence-electron chi connectivity index (χ2n) is 1.92. The monoisotopic (exact) mass is 192 g/mol. The molecule has 0 aromatic carbocycles. The number of hydrogen-bond donors (Lipinski definition) is 4. The van der Waals surface area contributed by atoms with Crippen LogP contribution in [0.25, 0.3) is 0 Å². The van der Waals surface area contributed by atoms with Crippen LogP contribution < -0.4 is 0 Å². The van der Waals surface area contributed by atoms with Crippen LogP contribution in [0.4, 0.5) is 0 Å². The van der Waals surface area contributed by atoms with Crippen LogP contribution in [0, 0.1) is 0 Å². The Labute approximate surface area is 75.0 Å². The molecule has 76 valence electrons. The van der Waals surface area contributed by atoms with Crippen molar-refractivity contribution in [2.75, 3.05) is 7.11 Å². The molecule has 0 saturated carbocycles. The van der Waals surface area contributed by atoms with Gasteiger partial charge in [-0.2, -0.15) is 0 Å². The van der Waals surface area contributed by atoms with Crippen molar-refractivity contribution >= 4 is 5.97 Å². The highest BCUT2D eigenvalue weighted by atomic mass is 16.5. The number of rotatable bonds is 1. The van der Waals surface area contributed by atoms with Crippen LogP contribution in [-0.4, -0.2) is 33.5 Å². The SMILES string of the molecule is C=C(C)C(=O)OC.OC(O)=C(O)O. The van der Waals surface area contributed by atoms with Crippen molar-refractivity contribution in [1.82, 2.24) is 0 Å². The maximum atomic E-state index is 10.2. The minimum atomic E-state index is -1.46. The van der Waals surface area contributed by atoms with Gasteiger partial charge in [-0.3, -0.25) is 0 Å². The first-order valence-corrected chi connectivity index (χ1v) is 3.06. The van der Waals surface area contributed by atoms with Crippen LogP contribution in [0.2, 0.25) is 0 Å². The van der Waals surface area contributed by atoms with Crippen LogP contribution >= 0.6 is 0 Å². The van der Waals surface area contributed by atoms with Gasteiger partial charge in [-0.15, -0.1) is 0 Å². The number of carbonyl (C=O) groups is 1. The largest absolute Gasteiger partial charge is 0.476 e. The molecule has 0 fully saturated rings. The summed E-state index contributed by atoms with van der Waals surface area (Å²) in [5, 5.41) is 30.3. The first kappa shape index (κ1) is 13.7. The Morgan fingerprint density at radius 3 is 1.46 bits per heavy atom. The molecule has 0 amide bonds. The highest BCUT2D eigenvalue weighted by Gasteiger charge is 1.95. The van der Waals surface area contributed by atoms with Crippen molar-refractivity contribution < 1.29 is 30.0 Å². The molecule has 0 aliphatic heterocycles. The van der Waals surface area contributed by atoms with E-state index in [4.69, 9.17) is 20.4 Å². The fourth-order valence-electron chi connectivity index (χ4n) is 0.174. The lowest BCUT2D eigenvalue weighted by Crippen LogP contribution is -1.98. The standard InChI is InChI=1S/C5H8O2.C2H4O4/c1-4(2)5(6)7-3;3-1(4)2(5)6/h1H2,2-3H3;3-6H. The normalized spacial score (nSPS) is 7.54. The summed E-state index contributed by atoms with van der Waals surface area (Å²) >= 11 is 0. The second-order valence-corrected chi connectivity index (χ2v) is 1.92. The molecule has 0 saturated heterocycles. The lowest BCUT2D eigenvalue weighted by atomic mass is 10.4. The Kier molecular flexibility index (Phi) is 7.21. The van der Waals surface area contributed by atoms with Gasteiger partial charge in [0.2, 0.25) is 0 Å². The summed E-state index contributed by atoms with van der Waals surface area (Å²) < 4.78 is 4.27. The Bertz CT molecular complexity index is 199. The summed E-state index contributed by atoms with van der Waals surface area (Å²) in [5.41, 5.74) is 0.433. The zero-order chi connectivity index (χ0) is 11.0. The van der Waals surface area contributed by atoms with Gasteiger partial charge in [0.15, 0.2) is 0 Å². The molecule has 13 heavy (non-hydrogen) atoms. The minimum absolute atomic E-state index is 0.347. The molecule has 4 N–H and O–H groups in total. The summed E-state index contributed by atoms with van der Waals surface area (Å²) in [6.07, 6.45) is 0. The average Bonchev–Trinajstić information content (AvgIpc) is 2.03. The predicted molar refractivity (Wildman–Crippen MR) is 44.4 cm³/mol. The maximum Gasteiger partial charge on any atom is 0.358 e. The van der Waals surface area contributed by atoms with E-state index in [9.17, 15) is 4.79 Å². The highest BCUT2D eigenvalue weighted by molar-refractivity contribution is 5.86. The second kappa shape index (κ2) is 6.84. The van der Waals surface area contributed by atoms with Crippen molar-refractivity contribution in [3.63, 3.8) is 0 Å². The van der Waals surface area contributed by atoms with E-state index < -0.39 is 11.9 Å².